The zero-order valence-electron chi connectivity index (χ0n) is 14.7. The molecule has 2 aliphatic heterocycles. The molecule has 2 heterocycles. The molecule has 5 nitrogen and oxygen atoms in total. The van der Waals surface area contributed by atoms with Crippen molar-refractivity contribution in [1.29, 1.82) is 0 Å². The fourth-order valence-corrected chi connectivity index (χ4v) is 5.96. The fraction of sp³-hybridized carbons (Fsp3) is 0.895. The van der Waals surface area contributed by atoms with Crippen LogP contribution in [0.5, 0.6) is 0 Å². The largest absolute Gasteiger partial charge is 0.368 e. The first kappa shape index (κ1) is 16.4. The number of hydrogen-bond acceptors (Lipinski definition) is 3. The molecule has 4 rings (SSSR count). The number of likely N-dealkylation sites (tertiary alicyclic amines) is 2. The first-order valence-corrected chi connectivity index (χ1v) is 9.94. The van der Waals surface area contributed by atoms with Gasteiger partial charge in [-0.15, -0.1) is 0 Å². The van der Waals surface area contributed by atoms with E-state index < -0.39 is 0 Å². The van der Waals surface area contributed by atoms with Gasteiger partial charge >= 0.3 is 0 Å². The Morgan fingerprint density at radius 2 is 1.75 bits per heavy atom. The van der Waals surface area contributed by atoms with Gasteiger partial charge in [0.05, 0.1) is 6.04 Å². The second-order valence-electron chi connectivity index (χ2n) is 8.55. The number of primary amides is 1. The molecule has 2 N–H and O–H groups in total. The molecule has 0 spiro atoms. The number of nitrogens with zero attached hydrogens (tertiary/aromatic N) is 2. The summed E-state index contributed by atoms with van der Waals surface area (Å²) in [6.07, 6.45) is 10.2. The van der Waals surface area contributed by atoms with Gasteiger partial charge in [0.15, 0.2) is 0 Å². The van der Waals surface area contributed by atoms with E-state index in [1.165, 1.54) is 25.7 Å². The molecule has 0 aromatic carbocycles. The smallest absolute Gasteiger partial charge is 0.234 e. The number of amides is 2. The molecule has 4 fully saturated rings. The molecule has 2 aliphatic carbocycles. The van der Waals surface area contributed by atoms with Gasteiger partial charge in [0.25, 0.3) is 0 Å². The number of hydrogen-bond donors (Lipinski definition) is 1. The quantitative estimate of drug-likeness (QED) is 0.852. The van der Waals surface area contributed by atoms with Gasteiger partial charge in [-0.25, -0.2) is 0 Å². The lowest BCUT2D eigenvalue weighted by Crippen LogP contribution is -2.51. The maximum absolute atomic E-state index is 12.7. The minimum atomic E-state index is -0.178. The van der Waals surface area contributed by atoms with Crippen LogP contribution in [0.3, 0.4) is 0 Å². The molecule has 5 heteroatoms. The summed E-state index contributed by atoms with van der Waals surface area (Å²) in [5, 5.41) is 0. The predicted octanol–water partition coefficient (Wildman–Crippen LogP) is 1.75. The Hall–Kier alpha value is -1.10. The number of rotatable bonds is 4. The van der Waals surface area contributed by atoms with Gasteiger partial charge in [-0.05, 0) is 69.2 Å². The van der Waals surface area contributed by atoms with E-state index in [1.807, 2.05) is 0 Å². The van der Waals surface area contributed by atoms with Crippen LogP contribution in [0.1, 0.15) is 57.8 Å². The molecule has 0 unspecified atom stereocenters. The maximum atomic E-state index is 12.7. The van der Waals surface area contributed by atoms with Crippen molar-refractivity contribution < 1.29 is 9.59 Å². The number of carbonyl (C=O) groups is 2. The third-order valence-electron chi connectivity index (χ3n) is 7.23. The normalized spacial score (nSPS) is 37.2. The van der Waals surface area contributed by atoms with Crippen LogP contribution in [0.4, 0.5) is 0 Å². The average Bonchev–Trinajstić information content (AvgIpc) is 3.31. The van der Waals surface area contributed by atoms with E-state index in [9.17, 15) is 9.59 Å². The van der Waals surface area contributed by atoms with Crippen LogP contribution >= 0.6 is 0 Å². The van der Waals surface area contributed by atoms with Crippen LogP contribution in [0.15, 0.2) is 0 Å². The van der Waals surface area contributed by atoms with E-state index in [0.717, 1.165) is 63.6 Å². The molecule has 24 heavy (non-hydrogen) atoms. The highest BCUT2D eigenvalue weighted by atomic mass is 16.2. The SMILES string of the molecule is NC(=O)[C@H]1CCCN1C1CCN(C(=O)C[C@@H]2C[C@H]3CC[C@H]2C3)CC1. The summed E-state index contributed by atoms with van der Waals surface area (Å²) in [6, 6.07) is 0.350. The molecule has 2 bridgehead atoms. The highest BCUT2D eigenvalue weighted by Crippen LogP contribution is 2.49. The standard InChI is InChI=1S/C19H31N3O2/c20-19(24)17-2-1-7-22(17)16-5-8-21(9-6-16)18(23)12-15-11-13-3-4-14(15)10-13/h13-17H,1-12H2,(H2,20,24)/t13-,14-,15-,17+/m0/s1. The van der Waals surface area contributed by atoms with Crippen molar-refractivity contribution in [2.75, 3.05) is 19.6 Å². The lowest BCUT2D eigenvalue weighted by atomic mass is 9.86. The van der Waals surface area contributed by atoms with Crippen molar-refractivity contribution in [3.63, 3.8) is 0 Å². The Kier molecular flexibility index (Phi) is 4.54. The van der Waals surface area contributed by atoms with Crippen LogP contribution in [0, 0.1) is 17.8 Å². The number of fused-ring (bicyclic) bond motifs is 2. The van der Waals surface area contributed by atoms with Crippen LogP contribution in [0.25, 0.3) is 0 Å². The molecule has 0 aromatic rings. The average molecular weight is 333 g/mol. The van der Waals surface area contributed by atoms with E-state index in [4.69, 9.17) is 5.73 Å². The van der Waals surface area contributed by atoms with Crippen molar-refractivity contribution in [2.24, 2.45) is 23.5 Å². The Bertz CT molecular complexity index is 501. The van der Waals surface area contributed by atoms with Gasteiger partial charge in [-0.2, -0.15) is 0 Å². The Balaban J connectivity index is 1.27. The number of carbonyl (C=O) groups excluding carboxylic acids is 2. The van der Waals surface area contributed by atoms with Gasteiger partial charge < -0.3 is 10.6 Å². The van der Waals surface area contributed by atoms with Gasteiger partial charge in [0, 0.05) is 25.6 Å². The molecule has 2 saturated carbocycles. The minimum absolute atomic E-state index is 0.0775. The van der Waals surface area contributed by atoms with Gasteiger partial charge in [-0.3, -0.25) is 14.5 Å². The highest BCUT2D eigenvalue weighted by molar-refractivity contribution is 5.80. The molecule has 4 atom stereocenters. The molecule has 134 valence electrons. The van der Waals surface area contributed by atoms with E-state index in [1.54, 1.807) is 0 Å². The third kappa shape index (κ3) is 3.07. The van der Waals surface area contributed by atoms with Gasteiger partial charge in [0.1, 0.15) is 0 Å². The van der Waals surface area contributed by atoms with Crippen LogP contribution in [-0.2, 0) is 9.59 Å². The third-order valence-corrected chi connectivity index (χ3v) is 7.23. The van der Waals surface area contributed by atoms with Crippen LogP contribution < -0.4 is 5.73 Å². The van der Waals surface area contributed by atoms with Crippen LogP contribution in [0.2, 0.25) is 0 Å². The van der Waals surface area contributed by atoms with Crippen molar-refractivity contribution >= 4 is 11.8 Å². The Morgan fingerprint density at radius 1 is 0.958 bits per heavy atom. The molecule has 2 amide bonds. The summed E-state index contributed by atoms with van der Waals surface area (Å²) in [6.45, 7) is 2.69. The first-order valence-electron chi connectivity index (χ1n) is 9.94. The zero-order valence-corrected chi connectivity index (χ0v) is 14.7. The second-order valence-corrected chi connectivity index (χ2v) is 8.55. The second kappa shape index (κ2) is 6.66. The highest BCUT2D eigenvalue weighted by Gasteiger charge is 2.41. The predicted molar refractivity (Wildman–Crippen MR) is 92.1 cm³/mol. The lowest BCUT2D eigenvalue weighted by molar-refractivity contribution is -0.135. The summed E-state index contributed by atoms with van der Waals surface area (Å²) < 4.78 is 0. The maximum Gasteiger partial charge on any atom is 0.234 e. The fourth-order valence-electron chi connectivity index (χ4n) is 5.96. The Labute approximate surface area is 144 Å². The number of piperidine rings is 1. The van der Waals surface area contributed by atoms with Gasteiger partial charge in [-0.1, -0.05) is 6.42 Å². The lowest BCUT2D eigenvalue weighted by Gasteiger charge is -2.39. The van der Waals surface area contributed by atoms with Gasteiger partial charge in [0.2, 0.25) is 11.8 Å². The minimum Gasteiger partial charge on any atom is -0.368 e. The molecular weight excluding hydrogens is 302 g/mol. The van der Waals surface area contributed by atoms with Crippen molar-refractivity contribution in [3.8, 4) is 0 Å². The summed E-state index contributed by atoms with van der Waals surface area (Å²) in [5.41, 5.74) is 5.55. The molecule has 0 radical (unpaired) electrons. The van der Waals surface area contributed by atoms with E-state index in [2.05, 4.69) is 9.80 Å². The van der Waals surface area contributed by atoms with Crippen molar-refractivity contribution in [3.05, 3.63) is 0 Å². The molecule has 4 aliphatic rings. The first-order chi connectivity index (χ1) is 11.6. The summed E-state index contributed by atoms with van der Waals surface area (Å²) in [7, 11) is 0. The van der Waals surface area contributed by atoms with Crippen molar-refractivity contribution in [1.82, 2.24) is 9.80 Å². The van der Waals surface area contributed by atoms with E-state index in [-0.39, 0.29) is 11.9 Å². The van der Waals surface area contributed by atoms with Crippen LogP contribution in [-0.4, -0.2) is 53.3 Å². The Morgan fingerprint density at radius 3 is 2.38 bits per heavy atom. The number of nitrogens with two attached hydrogens (primary N) is 1. The van der Waals surface area contributed by atoms with E-state index >= 15 is 0 Å². The zero-order chi connectivity index (χ0) is 16.7. The van der Waals surface area contributed by atoms with E-state index in [0.29, 0.717) is 17.9 Å². The molecule has 2 saturated heterocycles. The summed E-state index contributed by atoms with van der Waals surface area (Å²) in [5.74, 6) is 2.60. The molecular formula is C19H31N3O2. The summed E-state index contributed by atoms with van der Waals surface area (Å²) in [4.78, 5) is 28.7. The van der Waals surface area contributed by atoms with Crippen molar-refractivity contribution in [2.45, 2.75) is 69.9 Å². The molecule has 0 aromatic heterocycles. The monoisotopic (exact) mass is 333 g/mol. The topological polar surface area (TPSA) is 66.6 Å². The summed E-state index contributed by atoms with van der Waals surface area (Å²) >= 11 is 0.